The number of benzene rings is 2. The average Bonchev–Trinajstić information content (AvgIpc) is 3.40. The Kier molecular flexibility index (Phi) is 5.21. The van der Waals surface area contributed by atoms with Gasteiger partial charge in [0.05, 0.1) is 26.6 Å². The molecule has 2 aromatic carbocycles. The number of carbonyl (C=O) groups excluding carboxylic acids is 1. The number of nitro groups is 1. The molecule has 0 unspecified atom stereocenters. The van der Waals surface area contributed by atoms with Gasteiger partial charge in [0.2, 0.25) is 11.1 Å². The molecule has 0 bridgehead atoms. The Hall–Kier alpha value is -3.90. The van der Waals surface area contributed by atoms with E-state index in [1.807, 2.05) is 24.3 Å². The van der Waals surface area contributed by atoms with Crippen LogP contribution < -0.4 is 5.32 Å². The van der Waals surface area contributed by atoms with E-state index < -0.39 is 4.92 Å². The zero-order chi connectivity index (χ0) is 22.1. The van der Waals surface area contributed by atoms with Crippen molar-refractivity contribution in [3.05, 3.63) is 70.8 Å². The van der Waals surface area contributed by atoms with Crippen LogP contribution in [0.15, 0.2) is 65.8 Å². The number of thiazole rings is 1. The second kappa shape index (κ2) is 8.32. The molecule has 0 atom stereocenters. The molecule has 0 saturated carbocycles. The van der Waals surface area contributed by atoms with Crippen LogP contribution in [0.3, 0.4) is 0 Å². The van der Waals surface area contributed by atoms with Gasteiger partial charge in [0.15, 0.2) is 10.8 Å². The molecule has 0 spiro atoms. The molecule has 5 aromatic rings. The number of rotatable bonds is 6. The molecular formula is C20H13N7O3S2. The van der Waals surface area contributed by atoms with Gasteiger partial charge in [-0.1, -0.05) is 47.4 Å². The van der Waals surface area contributed by atoms with Gasteiger partial charge in [0, 0.05) is 17.7 Å². The van der Waals surface area contributed by atoms with Crippen molar-refractivity contribution in [2.24, 2.45) is 0 Å². The van der Waals surface area contributed by atoms with Crippen molar-refractivity contribution in [3.8, 4) is 11.3 Å². The number of para-hydroxylation sites is 1. The molecule has 32 heavy (non-hydrogen) atoms. The zero-order valence-electron chi connectivity index (χ0n) is 16.2. The third kappa shape index (κ3) is 4.00. The van der Waals surface area contributed by atoms with Gasteiger partial charge in [0.25, 0.3) is 5.69 Å². The van der Waals surface area contributed by atoms with Crippen LogP contribution in [0, 0.1) is 10.1 Å². The highest BCUT2D eigenvalue weighted by atomic mass is 32.2. The fraction of sp³-hybridized carbons (Fsp3) is 0.0500. The first kappa shape index (κ1) is 20.0. The second-order valence-corrected chi connectivity index (χ2v) is 8.58. The van der Waals surface area contributed by atoms with Gasteiger partial charge in [-0.3, -0.25) is 14.9 Å². The van der Waals surface area contributed by atoms with E-state index in [0.29, 0.717) is 27.2 Å². The Morgan fingerprint density at radius 3 is 2.84 bits per heavy atom. The van der Waals surface area contributed by atoms with Gasteiger partial charge in [-0.15, -0.1) is 10.2 Å². The third-order valence-electron chi connectivity index (χ3n) is 4.46. The van der Waals surface area contributed by atoms with Gasteiger partial charge in [-0.25, -0.2) is 4.98 Å². The maximum absolute atomic E-state index is 12.4. The lowest BCUT2D eigenvalue weighted by Crippen LogP contribution is -2.14. The van der Waals surface area contributed by atoms with E-state index in [1.54, 1.807) is 24.3 Å². The predicted octanol–water partition coefficient (Wildman–Crippen LogP) is 4.04. The van der Waals surface area contributed by atoms with E-state index in [4.69, 9.17) is 0 Å². The molecule has 1 amide bonds. The summed E-state index contributed by atoms with van der Waals surface area (Å²) >= 11 is 2.59. The number of nitrogens with zero attached hydrogens (tertiary/aromatic N) is 6. The average molecular weight is 464 g/mol. The number of nitro benzene ring substituents is 1. The Morgan fingerprint density at radius 1 is 1.12 bits per heavy atom. The summed E-state index contributed by atoms with van der Waals surface area (Å²) in [6.07, 6.45) is 0. The molecule has 5 rings (SSSR count). The first-order valence-electron chi connectivity index (χ1n) is 9.32. The Balaban J connectivity index is 1.33. The smallest absolute Gasteiger partial charge is 0.270 e. The Labute approximate surface area is 188 Å². The SMILES string of the molecule is O=C(CSc1nnc2ccc(-c3cccc([N+](=O)[O-])c3)nn12)Nc1nc2ccccc2s1. The summed E-state index contributed by atoms with van der Waals surface area (Å²) in [6.45, 7) is 0. The molecule has 12 heteroatoms. The van der Waals surface area contributed by atoms with E-state index in [0.717, 1.165) is 10.2 Å². The number of fused-ring (bicyclic) bond motifs is 2. The highest BCUT2D eigenvalue weighted by Gasteiger charge is 2.14. The van der Waals surface area contributed by atoms with Crippen LogP contribution in [0.1, 0.15) is 0 Å². The van der Waals surface area contributed by atoms with E-state index >= 15 is 0 Å². The molecule has 0 radical (unpaired) electrons. The Morgan fingerprint density at radius 2 is 2.00 bits per heavy atom. The lowest BCUT2D eigenvalue weighted by Gasteiger charge is -2.03. The lowest BCUT2D eigenvalue weighted by atomic mass is 10.1. The summed E-state index contributed by atoms with van der Waals surface area (Å²) in [4.78, 5) is 27.4. The van der Waals surface area contributed by atoms with Crippen LogP contribution in [0.2, 0.25) is 0 Å². The topological polar surface area (TPSA) is 128 Å². The number of non-ortho nitro benzene ring substituents is 1. The summed E-state index contributed by atoms with van der Waals surface area (Å²) < 4.78 is 2.51. The van der Waals surface area contributed by atoms with Crippen molar-refractivity contribution in [1.29, 1.82) is 0 Å². The van der Waals surface area contributed by atoms with Crippen molar-refractivity contribution in [2.75, 3.05) is 11.1 Å². The monoisotopic (exact) mass is 463 g/mol. The maximum Gasteiger partial charge on any atom is 0.270 e. The number of anilines is 1. The van der Waals surface area contributed by atoms with Crippen LogP contribution in [-0.4, -0.2) is 41.4 Å². The normalized spacial score (nSPS) is 11.1. The summed E-state index contributed by atoms with van der Waals surface area (Å²) in [5.41, 5.74) is 2.45. The van der Waals surface area contributed by atoms with Gasteiger partial charge >= 0.3 is 0 Å². The maximum atomic E-state index is 12.4. The van der Waals surface area contributed by atoms with Crippen molar-refractivity contribution in [1.82, 2.24) is 24.8 Å². The summed E-state index contributed by atoms with van der Waals surface area (Å²) in [5.74, 6) is -0.125. The minimum atomic E-state index is -0.452. The fourth-order valence-corrected chi connectivity index (χ4v) is 4.57. The van der Waals surface area contributed by atoms with Crippen LogP contribution in [0.4, 0.5) is 10.8 Å². The minimum absolute atomic E-state index is 0.0192. The number of carbonyl (C=O) groups is 1. The molecule has 0 aliphatic rings. The van der Waals surface area contributed by atoms with Crippen LogP contribution in [0.5, 0.6) is 0 Å². The predicted molar refractivity (Wildman–Crippen MR) is 122 cm³/mol. The van der Waals surface area contributed by atoms with E-state index in [9.17, 15) is 14.9 Å². The fourth-order valence-electron chi connectivity index (χ4n) is 3.00. The van der Waals surface area contributed by atoms with Crippen LogP contribution in [-0.2, 0) is 4.79 Å². The van der Waals surface area contributed by atoms with Gasteiger partial charge < -0.3 is 5.32 Å². The number of thioether (sulfide) groups is 1. The quantitative estimate of drug-likeness (QED) is 0.227. The molecule has 0 fully saturated rings. The number of hydrogen-bond donors (Lipinski definition) is 1. The number of nitrogens with one attached hydrogen (secondary N) is 1. The summed E-state index contributed by atoms with van der Waals surface area (Å²) in [5, 5.41) is 27.5. The van der Waals surface area contributed by atoms with Crippen LogP contribution >= 0.6 is 23.1 Å². The zero-order valence-corrected chi connectivity index (χ0v) is 17.8. The molecule has 3 heterocycles. The van der Waals surface area contributed by atoms with Gasteiger partial charge in [0.1, 0.15) is 0 Å². The van der Waals surface area contributed by atoms with Crippen LogP contribution in [0.25, 0.3) is 27.1 Å². The summed E-state index contributed by atoms with van der Waals surface area (Å²) in [6, 6.07) is 17.3. The van der Waals surface area contributed by atoms with E-state index in [1.165, 1.54) is 39.7 Å². The molecule has 10 nitrogen and oxygen atoms in total. The molecule has 3 aromatic heterocycles. The van der Waals surface area contributed by atoms with Crippen molar-refractivity contribution in [2.45, 2.75) is 5.16 Å². The third-order valence-corrected chi connectivity index (χ3v) is 6.33. The highest BCUT2D eigenvalue weighted by Crippen LogP contribution is 2.26. The van der Waals surface area contributed by atoms with Crippen molar-refractivity contribution in [3.63, 3.8) is 0 Å². The molecule has 1 N–H and O–H groups in total. The highest BCUT2D eigenvalue weighted by molar-refractivity contribution is 7.99. The molecular weight excluding hydrogens is 450 g/mol. The molecule has 158 valence electrons. The van der Waals surface area contributed by atoms with Crippen molar-refractivity contribution >= 4 is 55.7 Å². The number of hydrogen-bond acceptors (Lipinski definition) is 9. The molecule has 0 aliphatic carbocycles. The van der Waals surface area contributed by atoms with Crippen molar-refractivity contribution < 1.29 is 9.72 Å². The minimum Gasteiger partial charge on any atom is -0.301 e. The van der Waals surface area contributed by atoms with E-state index in [-0.39, 0.29) is 17.3 Å². The van der Waals surface area contributed by atoms with E-state index in [2.05, 4.69) is 25.6 Å². The van der Waals surface area contributed by atoms with Gasteiger partial charge in [-0.2, -0.15) is 9.61 Å². The Bertz CT molecular complexity index is 1450. The summed E-state index contributed by atoms with van der Waals surface area (Å²) in [7, 11) is 0. The number of aromatic nitrogens is 5. The first-order valence-corrected chi connectivity index (χ1v) is 11.1. The molecule has 0 saturated heterocycles. The second-order valence-electron chi connectivity index (χ2n) is 6.60. The molecule has 0 aliphatic heterocycles. The largest absolute Gasteiger partial charge is 0.301 e. The lowest BCUT2D eigenvalue weighted by molar-refractivity contribution is -0.384. The first-order chi connectivity index (χ1) is 15.6. The van der Waals surface area contributed by atoms with Gasteiger partial charge in [-0.05, 0) is 24.3 Å². The standard InChI is InChI=1S/C20H13N7O3S2/c28-18(22-19-21-15-6-1-2-7-16(15)32-19)11-31-20-24-23-17-9-8-14(25-26(17)20)12-4-3-5-13(10-12)27(29)30/h1-10H,11H2,(H,21,22,28). The number of amides is 1.